The average Bonchev–Trinajstić information content (AvgIpc) is 2.57. The van der Waals surface area contributed by atoms with Crippen LogP contribution in [0.4, 0.5) is 0 Å². The molecule has 1 aromatic rings. The van der Waals surface area contributed by atoms with E-state index in [1.807, 2.05) is 18.7 Å². The molecule has 0 aliphatic carbocycles. The van der Waals surface area contributed by atoms with Crippen LogP contribution in [-0.4, -0.2) is 16.3 Å². The molecular weight excluding hydrogens is 198 g/mol. The molecule has 0 aliphatic rings. The molecule has 3 heteroatoms. The van der Waals surface area contributed by atoms with E-state index >= 15 is 0 Å². The van der Waals surface area contributed by atoms with Gasteiger partial charge in [0, 0.05) is 31.3 Å². The van der Waals surface area contributed by atoms with Crippen LogP contribution < -0.4 is 5.32 Å². The molecule has 16 heavy (non-hydrogen) atoms. The van der Waals surface area contributed by atoms with Gasteiger partial charge in [0.15, 0.2) is 0 Å². The van der Waals surface area contributed by atoms with E-state index in [0.29, 0.717) is 6.04 Å². The second-order valence-corrected chi connectivity index (χ2v) is 4.18. The van der Waals surface area contributed by atoms with Crippen molar-refractivity contribution in [2.45, 2.75) is 39.2 Å². The van der Waals surface area contributed by atoms with Gasteiger partial charge in [-0.2, -0.15) is 5.10 Å². The van der Waals surface area contributed by atoms with Gasteiger partial charge < -0.3 is 5.32 Å². The first kappa shape index (κ1) is 12.8. The Kier molecular flexibility index (Phi) is 5.07. The van der Waals surface area contributed by atoms with Crippen LogP contribution in [0.5, 0.6) is 0 Å². The van der Waals surface area contributed by atoms with Crippen molar-refractivity contribution in [1.29, 1.82) is 0 Å². The van der Waals surface area contributed by atoms with Crippen LogP contribution >= 0.6 is 0 Å². The molecule has 3 nitrogen and oxygen atoms in total. The maximum Gasteiger partial charge on any atom is 0.0641 e. The number of aryl methyl sites for hydroxylation is 2. The van der Waals surface area contributed by atoms with Gasteiger partial charge in [-0.25, -0.2) is 0 Å². The van der Waals surface area contributed by atoms with Crippen LogP contribution in [0.1, 0.15) is 43.5 Å². The van der Waals surface area contributed by atoms with E-state index in [1.165, 1.54) is 5.56 Å². The number of unbranched alkanes of at least 4 members (excludes halogenated alkanes) is 2. The lowest BCUT2D eigenvalue weighted by molar-refractivity contribution is 0.547. The van der Waals surface area contributed by atoms with Crippen LogP contribution in [0.2, 0.25) is 0 Å². The normalized spacial score (nSPS) is 12.4. The van der Waals surface area contributed by atoms with Gasteiger partial charge in [-0.1, -0.05) is 0 Å². The van der Waals surface area contributed by atoms with Gasteiger partial charge in [-0.15, -0.1) is 12.3 Å². The zero-order chi connectivity index (χ0) is 12.0. The summed E-state index contributed by atoms with van der Waals surface area (Å²) in [6.45, 7) is 5.23. The monoisotopic (exact) mass is 219 g/mol. The summed E-state index contributed by atoms with van der Waals surface area (Å²) in [4.78, 5) is 0. The molecule has 0 aromatic carbocycles. The van der Waals surface area contributed by atoms with Gasteiger partial charge >= 0.3 is 0 Å². The number of terminal acetylenes is 1. The first-order valence-corrected chi connectivity index (χ1v) is 5.82. The smallest absolute Gasteiger partial charge is 0.0641 e. The predicted molar refractivity (Wildman–Crippen MR) is 67.0 cm³/mol. The van der Waals surface area contributed by atoms with E-state index in [1.54, 1.807) is 0 Å². The highest BCUT2D eigenvalue weighted by molar-refractivity contribution is 5.19. The Morgan fingerprint density at radius 1 is 1.56 bits per heavy atom. The molecule has 1 N–H and O–H groups in total. The molecule has 1 heterocycles. The van der Waals surface area contributed by atoms with Crippen LogP contribution in [0.25, 0.3) is 0 Å². The molecule has 0 aliphatic heterocycles. The standard InChI is InChI=1S/C13H21N3/c1-5-6-7-8-9-14-11(2)13-10-16(4)15-12(13)3/h1,10-11,14H,6-9H2,2-4H3. The molecule has 0 saturated heterocycles. The van der Waals surface area contributed by atoms with E-state index in [9.17, 15) is 0 Å². The lowest BCUT2D eigenvalue weighted by atomic mass is 10.1. The third-order valence-electron chi connectivity index (χ3n) is 2.72. The highest BCUT2D eigenvalue weighted by atomic mass is 15.3. The Balaban J connectivity index is 2.33. The van der Waals surface area contributed by atoms with Gasteiger partial charge in [0.2, 0.25) is 0 Å². The van der Waals surface area contributed by atoms with Crippen molar-refractivity contribution in [3.63, 3.8) is 0 Å². The van der Waals surface area contributed by atoms with Crippen molar-refractivity contribution in [3.05, 3.63) is 17.5 Å². The molecule has 0 spiro atoms. The summed E-state index contributed by atoms with van der Waals surface area (Å²) in [7, 11) is 1.95. The first-order valence-electron chi connectivity index (χ1n) is 5.82. The van der Waals surface area contributed by atoms with E-state index in [2.05, 4.69) is 29.5 Å². The van der Waals surface area contributed by atoms with Gasteiger partial charge in [0.25, 0.3) is 0 Å². The first-order chi connectivity index (χ1) is 7.65. The summed E-state index contributed by atoms with van der Waals surface area (Å²) in [5.74, 6) is 2.66. The number of aromatic nitrogens is 2. The molecule has 0 amide bonds. The lowest BCUT2D eigenvalue weighted by Gasteiger charge is -2.12. The maximum absolute atomic E-state index is 5.20. The largest absolute Gasteiger partial charge is 0.310 e. The van der Waals surface area contributed by atoms with Crippen LogP contribution in [0.3, 0.4) is 0 Å². The minimum absolute atomic E-state index is 0.361. The summed E-state index contributed by atoms with van der Waals surface area (Å²) in [5.41, 5.74) is 2.38. The predicted octanol–water partition coefficient (Wildman–Crippen LogP) is 2.18. The van der Waals surface area contributed by atoms with Crippen LogP contribution in [-0.2, 0) is 7.05 Å². The Labute approximate surface area is 98.2 Å². The van der Waals surface area contributed by atoms with Crippen molar-refractivity contribution >= 4 is 0 Å². The number of rotatable bonds is 6. The second-order valence-electron chi connectivity index (χ2n) is 4.18. The number of nitrogens with one attached hydrogen (secondary N) is 1. The molecule has 0 fully saturated rings. The van der Waals surface area contributed by atoms with E-state index in [-0.39, 0.29) is 0 Å². The Morgan fingerprint density at radius 3 is 2.88 bits per heavy atom. The van der Waals surface area contributed by atoms with E-state index < -0.39 is 0 Å². The number of nitrogens with zero attached hydrogens (tertiary/aromatic N) is 2. The van der Waals surface area contributed by atoms with Crippen LogP contribution in [0.15, 0.2) is 6.20 Å². The highest BCUT2D eigenvalue weighted by Crippen LogP contribution is 2.15. The quantitative estimate of drug-likeness (QED) is 0.587. The fraction of sp³-hybridized carbons (Fsp3) is 0.615. The third-order valence-corrected chi connectivity index (χ3v) is 2.72. The molecule has 0 radical (unpaired) electrons. The molecule has 0 bridgehead atoms. The SMILES string of the molecule is C#CCCCCNC(C)c1cn(C)nc1C. The molecule has 88 valence electrons. The minimum atomic E-state index is 0.361. The topological polar surface area (TPSA) is 29.9 Å². The minimum Gasteiger partial charge on any atom is -0.310 e. The lowest BCUT2D eigenvalue weighted by Crippen LogP contribution is -2.20. The van der Waals surface area contributed by atoms with Gasteiger partial charge in [-0.3, -0.25) is 4.68 Å². The zero-order valence-electron chi connectivity index (χ0n) is 10.5. The summed E-state index contributed by atoms with van der Waals surface area (Å²) in [6.07, 6.45) is 10.4. The maximum atomic E-state index is 5.20. The van der Waals surface area contributed by atoms with Crippen molar-refractivity contribution in [2.24, 2.45) is 7.05 Å². The fourth-order valence-corrected chi connectivity index (χ4v) is 1.82. The van der Waals surface area contributed by atoms with E-state index in [0.717, 1.165) is 31.5 Å². The molecular formula is C13H21N3. The fourth-order valence-electron chi connectivity index (χ4n) is 1.82. The summed E-state index contributed by atoms with van der Waals surface area (Å²) < 4.78 is 1.86. The summed E-state index contributed by atoms with van der Waals surface area (Å²) in [5, 5.41) is 7.83. The molecule has 1 atom stereocenters. The van der Waals surface area contributed by atoms with Crippen molar-refractivity contribution in [3.8, 4) is 12.3 Å². The van der Waals surface area contributed by atoms with Crippen molar-refractivity contribution in [2.75, 3.05) is 6.54 Å². The Hall–Kier alpha value is -1.27. The van der Waals surface area contributed by atoms with Gasteiger partial charge in [0.1, 0.15) is 0 Å². The van der Waals surface area contributed by atoms with Crippen LogP contribution in [0, 0.1) is 19.3 Å². The second kappa shape index (κ2) is 6.34. The van der Waals surface area contributed by atoms with Gasteiger partial charge in [0.05, 0.1) is 5.69 Å². The summed E-state index contributed by atoms with van der Waals surface area (Å²) in [6, 6.07) is 0.361. The third kappa shape index (κ3) is 3.71. The average molecular weight is 219 g/mol. The summed E-state index contributed by atoms with van der Waals surface area (Å²) >= 11 is 0. The van der Waals surface area contributed by atoms with E-state index in [4.69, 9.17) is 6.42 Å². The van der Waals surface area contributed by atoms with Crippen molar-refractivity contribution < 1.29 is 0 Å². The van der Waals surface area contributed by atoms with Gasteiger partial charge in [-0.05, 0) is 33.2 Å². The van der Waals surface area contributed by atoms with Crippen molar-refractivity contribution in [1.82, 2.24) is 15.1 Å². The zero-order valence-corrected chi connectivity index (χ0v) is 10.5. The molecule has 1 unspecified atom stereocenters. The Morgan fingerprint density at radius 2 is 2.31 bits per heavy atom. The molecule has 1 aromatic heterocycles. The number of hydrogen-bond acceptors (Lipinski definition) is 2. The number of hydrogen-bond donors (Lipinski definition) is 1. The molecule has 1 rings (SSSR count). The highest BCUT2D eigenvalue weighted by Gasteiger charge is 2.10. The Bertz CT molecular complexity index is 360. The molecule has 0 saturated carbocycles.